The molecular weight excluding hydrogens is 510 g/mol. The first-order chi connectivity index (χ1) is 17.4. The average Bonchev–Trinajstić information content (AvgIpc) is 3.42. The second-order valence-electron chi connectivity index (χ2n) is 9.03. The summed E-state index contributed by atoms with van der Waals surface area (Å²) in [6.07, 6.45) is 3.20. The van der Waals surface area contributed by atoms with Crippen LogP contribution < -0.4 is 56.9 Å². The molecule has 37 heavy (non-hydrogen) atoms. The van der Waals surface area contributed by atoms with Crippen LogP contribution in [0, 0.1) is 6.92 Å². The molecule has 0 aliphatic heterocycles. The number of likely N-dealkylation sites (N-methyl/N-ethyl adjacent to an activating group) is 1. The summed E-state index contributed by atoms with van der Waals surface area (Å²) in [6, 6.07) is 16.2. The molecule has 0 unspecified atom stereocenters. The van der Waals surface area contributed by atoms with Crippen LogP contribution >= 0.6 is 12.2 Å². The second-order valence-corrected chi connectivity index (χ2v) is 9.50. The first kappa shape index (κ1) is 29.5. The molecule has 4 rings (SSSR count). The van der Waals surface area contributed by atoms with E-state index in [1.165, 1.54) is 0 Å². The standard InChI is InChI=1S/C27H31N7OS.K.H/c1-5-6-11-24-28-18(2)23(16-25(36)33(3)4)27(35)34(24)17-19-12-14-20(15-13-19)21-9-7-8-10-22(21)26-29-31-32-30-26;;/h7-10,12-15H,5-6,11,16-17H2,1-4H3,(H,29,30,31,32);;/q;+1;-1. The van der Waals surface area contributed by atoms with Gasteiger partial charge in [-0.2, -0.15) is 5.21 Å². The fourth-order valence-electron chi connectivity index (χ4n) is 4.14. The fraction of sp³-hybridized carbons (Fsp3) is 0.333. The third kappa shape index (κ3) is 7.07. The first-order valence-electron chi connectivity index (χ1n) is 12.1. The van der Waals surface area contributed by atoms with Gasteiger partial charge in [0.25, 0.3) is 5.56 Å². The van der Waals surface area contributed by atoms with E-state index in [0.717, 1.165) is 58.0 Å². The maximum Gasteiger partial charge on any atom is 1.00 e. The number of nitrogens with zero attached hydrogens (tertiary/aromatic N) is 6. The van der Waals surface area contributed by atoms with Crippen molar-refractivity contribution in [1.82, 2.24) is 35.1 Å². The molecule has 0 amide bonds. The van der Waals surface area contributed by atoms with Gasteiger partial charge in [-0.1, -0.05) is 74.1 Å². The Morgan fingerprint density at radius 2 is 1.81 bits per heavy atom. The second kappa shape index (κ2) is 13.6. The van der Waals surface area contributed by atoms with Crippen molar-refractivity contribution in [3.63, 3.8) is 0 Å². The van der Waals surface area contributed by atoms with Gasteiger partial charge in [0.15, 0.2) is 0 Å². The topological polar surface area (TPSA) is 92.6 Å². The van der Waals surface area contributed by atoms with Crippen LogP contribution in [0.1, 0.15) is 43.8 Å². The summed E-state index contributed by atoms with van der Waals surface area (Å²) in [7, 11) is 3.80. The van der Waals surface area contributed by atoms with E-state index in [2.05, 4.69) is 51.8 Å². The SMILES string of the molecule is CCCCc1nc(C)c(CC(=S)N(C)C)c(=O)n1Cc1ccc(-c2ccccc2-c2nn[nH]n2)cc1.[H-].[K+]. The molecule has 2 heterocycles. The summed E-state index contributed by atoms with van der Waals surface area (Å²) in [4.78, 5) is 21.1. The van der Waals surface area contributed by atoms with Gasteiger partial charge in [-0.15, -0.1) is 10.2 Å². The molecule has 188 valence electrons. The molecule has 10 heteroatoms. The summed E-state index contributed by atoms with van der Waals surface area (Å²) >= 11 is 5.49. The van der Waals surface area contributed by atoms with Crippen LogP contribution in [0.25, 0.3) is 22.5 Å². The van der Waals surface area contributed by atoms with E-state index < -0.39 is 0 Å². The molecule has 8 nitrogen and oxygen atoms in total. The Hall–Kier alpha value is -2.08. The van der Waals surface area contributed by atoms with Crippen molar-refractivity contribution >= 4 is 17.2 Å². The van der Waals surface area contributed by atoms with Crippen molar-refractivity contribution in [1.29, 1.82) is 0 Å². The number of benzene rings is 2. The number of thiocarbonyl (C=S) groups is 1. The number of aromatic amines is 1. The zero-order valence-electron chi connectivity index (χ0n) is 23.2. The van der Waals surface area contributed by atoms with Gasteiger partial charge in [0.05, 0.1) is 11.5 Å². The number of nitrogens with one attached hydrogen (secondary N) is 1. The average molecular weight is 542 g/mol. The molecule has 0 radical (unpaired) electrons. The molecular formula is C27H32KN7OS. The van der Waals surface area contributed by atoms with Crippen LogP contribution in [0.4, 0.5) is 0 Å². The van der Waals surface area contributed by atoms with Gasteiger partial charge in [0.2, 0.25) is 5.82 Å². The third-order valence-electron chi connectivity index (χ3n) is 6.25. The van der Waals surface area contributed by atoms with Crippen LogP contribution in [0.15, 0.2) is 53.3 Å². The van der Waals surface area contributed by atoms with Crippen LogP contribution in [-0.4, -0.2) is 54.2 Å². The maximum absolute atomic E-state index is 13.6. The van der Waals surface area contributed by atoms with Gasteiger partial charge in [0, 0.05) is 43.8 Å². The number of rotatable bonds is 9. The predicted molar refractivity (Wildman–Crippen MR) is 147 cm³/mol. The van der Waals surface area contributed by atoms with E-state index in [1.54, 1.807) is 0 Å². The van der Waals surface area contributed by atoms with Crippen LogP contribution in [-0.2, 0) is 19.4 Å². The molecule has 0 spiro atoms. The molecule has 0 aliphatic carbocycles. The summed E-state index contributed by atoms with van der Waals surface area (Å²) in [5, 5.41) is 14.5. The summed E-state index contributed by atoms with van der Waals surface area (Å²) in [5.41, 5.74) is 5.41. The fourth-order valence-corrected chi connectivity index (χ4v) is 4.28. The van der Waals surface area contributed by atoms with Gasteiger partial charge in [-0.3, -0.25) is 9.36 Å². The van der Waals surface area contributed by atoms with E-state index in [1.807, 2.05) is 54.8 Å². The van der Waals surface area contributed by atoms with E-state index in [4.69, 9.17) is 17.2 Å². The number of tetrazole rings is 1. The summed E-state index contributed by atoms with van der Waals surface area (Å²) in [6.45, 7) is 4.51. The predicted octanol–water partition coefficient (Wildman–Crippen LogP) is 1.34. The quantitative estimate of drug-likeness (QED) is 0.253. The smallest absolute Gasteiger partial charge is 1.00 e. The molecule has 0 saturated carbocycles. The number of aryl methyl sites for hydroxylation is 2. The molecule has 0 atom stereocenters. The molecule has 0 bridgehead atoms. The largest absolute Gasteiger partial charge is 1.00 e. The molecule has 0 fully saturated rings. The Bertz CT molecular complexity index is 1410. The van der Waals surface area contributed by atoms with Crippen molar-refractivity contribution in [2.24, 2.45) is 0 Å². The van der Waals surface area contributed by atoms with E-state index >= 15 is 0 Å². The van der Waals surface area contributed by atoms with Gasteiger partial charge in [-0.25, -0.2) is 4.98 Å². The minimum Gasteiger partial charge on any atom is -1.00 e. The Labute approximate surface area is 266 Å². The zero-order valence-corrected chi connectivity index (χ0v) is 26.1. The molecule has 1 N–H and O–H groups in total. The minimum absolute atomic E-state index is 0. The van der Waals surface area contributed by atoms with E-state index in [9.17, 15) is 4.79 Å². The summed E-state index contributed by atoms with van der Waals surface area (Å²) < 4.78 is 1.82. The normalized spacial score (nSPS) is 10.7. The number of hydrogen-bond donors (Lipinski definition) is 1. The molecule has 2 aromatic heterocycles. The maximum atomic E-state index is 13.6. The molecule has 4 aromatic rings. The van der Waals surface area contributed by atoms with Crippen molar-refractivity contribution in [3.8, 4) is 22.5 Å². The Morgan fingerprint density at radius 1 is 1.11 bits per heavy atom. The van der Waals surface area contributed by atoms with E-state index in [0.29, 0.717) is 24.4 Å². The van der Waals surface area contributed by atoms with Crippen LogP contribution in [0.3, 0.4) is 0 Å². The van der Waals surface area contributed by atoms with E-state index in [-0.39, 0.29) is 58.4 Å². The Balaban J connectivity index is 0.00000253. The summed E-state index contributed by atoms with van der Waals surface area (Å²) in [5.74, 6) is 1.38. The minimum atomic E-state index is -0.00988. The van der Waals surface area contributed by atoms with Gasteiger partial charge >= 0.3 is 51.4 Å². The number of aromatic nitrogens is 6. The molecule has 2 aromatic carbocycles. The Kier molecular flexibility index (Phi) is 10.9. The van der Waals surface area contributed by atoms with Crippen LogP contribution in [0.5, 0.6) is 0 Å². The molecule has 0 aliphatic rings. The number of H-pyrrole nitrogens is 1. The number of unbranched alkanes of at least 4 members (excludes halogenated alkanes) is 1. The third-order valence-corrected chi connectivity index (χ3v) is 6.76. The van der Waals surface area contributed by atoms with Crippen molar-refractivity contribution < 1.29 is 52.8 Å². The van der Waals surface area contributed by atoms with Gasteiger partial charge in [-0.05, 0) is 35.2 Å². The monoisotopic (exact) mass is 541 g/mol. The van der Waals surface area contributed by atoms with Gasteiger partial charge in [0.1, 0.15) is 5.82 Å². The van der Waals surface area contributed by atoms with Crippen molar-refractivity contribution in [2.75, 3.05) is 14.1 Å². The number of hydrogen-bond acceptors (Lipinski definition) is 6. The first-order valence-corrected chi connectivity index (χ1v) is 12.5. The van der Waals surface area contributed by atoms with Gasteiger partial charge < -0.3 is 6.33 Å². The van der Waals surface area contributed by atoms with Crippen molar-refractivity contribution in [2.45, 2.75) is 46.1 Å². The zero-order chi connectivity index (χ0) is 25.7. The molecule has 0 saturated heterocycles. The Morgan fingerprint density at radius 3 is 2.43 bits per heavy atom. The van der Waals surface area contributed by atoms with Crippen molar-refractivity contribution in [3.05, 3.63) is 81.5 Å². The van der Waals surface area contributed by atoms with Crippen LogP contribution in [0.2, 0.25) is 0 Å².